The second-order valence-electron chi connectivity index (χ2n) is 5.93. The number of sulfonamides is 1. The minimum absolute atomic E-state index is 0.0422. The molecule has 1 saturated heterocycles. The van der Waals surface area contributed by atoms with Crippen LogP contribution in [0.2, 0.25) is 5.02 Å². The molecule has 26 heavy (non-hydrogen) atoms. The maximum absolute atomic E-state index is 12.4. The number of amides is 1. The van der Waals surface area contributed by atoms with Crippen molar-refractivity contribution >= 4 is 33.2 Å². The van der Waals surface area contributed by atoms with Gasteiger partial charge in [0.25, 0.3) is 10.0 Å². The van der Waals surface area contributed by atoms with Gasteiger partial charge < -0.3 is 9.64 Å². The Morgan fingerprint density at radius 3 is 2.46 bits per heavy atom. The number of benzene rings is 2. The third kappa shape index (κ3) is 4.75. The first-order valence-corrected chi connectivity index (χ1v) is 10.0. The molecule has 0 radical (unpaired) electrons. The molecule has 6 nitrogen and oxygen atoms in total. The van der Waals surface area contributed by atoms with E-state index in [9.17, 15) is 13.2 Å². The number of hydrogen-bond donors (Lipinski definition) is 1. The minimum Gasteiger partial charge on any atom is -0.378 e. The van der Waals surface area contributed by atoms with Gasteiger partial charge in [0.15, 0.2) is 0 Å². The van der Waals surface area contributed by atoms with Gasteiger partial charge in [0.05, 0.1) is 24.5 Å². The summed E-state index contributed by atoms with van der Waals surface area (Å²) in [4.78, 5) is 14.1. The molecule has 1 aliphatic heterocycles. The van der Waals surface area contributed by atoms with E-state index in [0.29, 0.717) is 37.0 Å². The van der Waals surface area contributed by atoms with E-state index in [1.807, 2.05) is 0 Å². The number of anilines is 1. The SMILES string of the molecule is O=C(Cc1ccc(NS(=O)(=O)c2cccc(Cl)c2)cc1)N1CCOCC1. The molecule has 0 unspecified atom stereocenters. The molecular formula is C18H19ClN2O4S. The van der Waals surface area contributed by atoms with Gasteiger partial charge in [-0.2, -0.15) is 0 Å². The Morgan fingerprint density at radius 2 is 1.81 bits per heavy atom. The number of carbonyl (C=O) groups excluding carboxylic acids is 1. The summed E-state index contributed by atoms with van der Waals surface area (Å²) in [6.45, 7) is 2.35. The molecule has 0 atom stereocenters. The summed E-state index contributed by atoms with van der Waals surface area (Å²) in [5.41, 5.74) is 1.25. The second-order valence-corrected chi connectivity index (χ2v) is 8.05. The van der Waals surface area contributed by atoms with Crippen molar-refractivity contribution in [3.8, 4) is 0 Å². The predicted molar refractivity (Wildman–Crippen MR) is 99.8 cm³/mol. The summed E-state index contributed by atoms with van der Waals surface area (Å²) in [7, 11) is -3.71. The van der Waals surface area contributed by atoms with Crippen molar-refractivity contribution in [1.82, 2.24) is 4.90 Å². The first-order valence-electron chi connectivity index (χ1n) is 8.17. The average molecular weight is 395 g/mol. The van der Waals surface area contributed by atoms with Crippen LogP contribution in [0.4, 0.5) is 5.69 Å². The van der Waals surface area contributed by atoms with E-state index in [1.54, 1.807) is 41.3 Å². The molecule has 0 bridgehead atoms. The average Bonchev–Trinajstić information content (AvgIpc) is 2.64. The number of carbonyl (C=O) groups is 1. The van der Waals surface area contributed by atoms with Gasteiger partial charge in [-0.3, -0.25) is 9.52 Å². The Balaban J connectivity index is 1.65. The lowest BCUT2D eigenvalue weighted by Gasteiger charge is -2.26. The Bertz CT molecular complexity index is 878. The van der Waals surface area contributed by atoms with Gasteiger partial charge in [-0.05, 0) is 35.9 Å². The van der Waals surface area contributed by atoms with E-state index in [4.69, 9.17) is 16.3 Å². The van der Waals surface area contributed by atoms with Crippen LogP contribution >= 0.6 is 11.6 Å². The summed E-state index contributed by atoms with van der Waals surface area (Å²) in [6.07, 6.45) is 0.279. The monoisotopic (exact) mass is 394 g/mol. The third-order valence-electron chi connectivity index (χ3n) is 4.03. The summed E-state index contributed by atoms with van der Waals surface area (Å²) < 4.78 is 32.5. The molecule has 1 heterocycles. The number of ether oxygens (including phenoxy) is 1. The molecule has 138 valence electrons. The Hall–Kier alpha value is -2.09. The van der Waals surface area contributed by atoms with Crippen LogP contribution in [0.5, 0.6) is 0 Å². The molecule has 0 aliphatic carbocycles. The lowest BCUT2D eigenvalue weighted by atomic mass is 10.1. The van der Waals surface area contributed by atoms with Crippen molar-refractivity contribution in [1.29, 1.82) is 0 Å². The molecule has 1 N–H and O–H groups in total. The van der Waals surface area contributed by atoms with Gasteiger partial charge in [-0.25, -0.2) is 8.42 Å². The topological polar surface area (TPSA) is 75.7 Å². The summed E-state index contributed by atoms with van der Waals surface area (Å²) >= 11 is 5.85. The van der Waals surface area contributed by atoms with Crippen LogP contribution < -0.4 is 4.72 Å². The largest absolute Gasteiger partial charge is 0.378 e. The van der Waals surface area contributed by atoms with E-state index in [-0.39, 0.29) is 17.2 Å². The Labute approximate surface area is 157 Å². The molecule has 0 aromatic heterocycles. The van der Waals surface area contributed by atoms with E-state index in [1.165, 1.54) is 12.1 Å². The van der Waals surface area contributed by atoms with Crippen LogP contribution in [-0.4, -0.2) is 45.5 Å². The molecule has 1 fully saturated rings. The zero-order valence-corrected chi connectivity index (χ0v) is 15.6. The number of morpholine rings is 1. The molecule has 2 aromatic carbocycles. The molecule has 1 amide bonds. The van der Waals surface area contributed by atoms with Gasteiger partial charge in [-0.1, -0.05) is 29.8 Å². The van der Waals surface area contributed by atoms with Crippen LogP contribution in [0.25, 0.3) is 0 Å². The minimum atomic E-state index is -3.71. The maximum atomic E-state index is 12.4. The summed E-state index contributed by atoms with van der Waals surface area (Å²) in [5.74, 6) is 0.0422. The number of rotatable bonds is 5. The van der Waals surface area contributed by atoms with Gasteiger partial charge in [0.2, 0.25) is 5.91 Å². The van der Waals surface area contributed by atoms with Crippen molar-refractivity contribution in [2.45, 2.75) is 11.3 Å². The first-order chi connectivity index (χ1) is 12.4. The zero-order chi connectivity index (χ0) is 18.6. The first kappa shape index (κ1) is 18.7. The van der Waals surface area contributed by atoms with E-state index in [0.717, 1.165) is 5.56 Å². The molecule has 8 heteroatoms. The summed E-state index contributed by atoms with van der Waals surface area (Å²) in [6, 6.07) is 12.8. The van der Waals surface area contributed by atoms with Gasteiger partial charge in [0.1, 0.15) is 0 Å². The highest BCUT2D eigenvalue weighted by atomic mass is 35.5. The highest BCUT2D eigenvalue weighted by Crippen LogP contribution is 2.20. The van der Waals surface area contributed by atoms with Crippen LogP contribution in [0.3, 0.4) is 0 Å². The fraction of sp³-hybridized carbons (Fsp3) is 0.278. The molecular weight excluding hydrogens is 376 g/mol. The van der Waals surface area contributed by atoms with Crippen LogP contribution in [0.15, 0.2) is 53.4 Å². The third-order valence-corrected chi connectivity index (χ3v) is 5.65. The van der Waals surface area contributed by atoms with Gasteiger partial charge in [0, 0.05) is 23.8 Å². The Morgan fingerprint density at radius 1 is 1.12 bits per heavy atom. The van der Waals surface area contributed by atoms with Crippen molar-refractivity contribution in [3.63, 3.8) is 0 Å². The number of nitrogens with one attached hydrogen (secondary N) is 1. The normalized spacial score (nSPS) is 14.9. The lowest BCUT2D eigenvalue weighted by Crippen LogP contribution is -2.41. The summed E-state index contributed by atoms with van der Waals surface area (Å²) in [5, 5.41) is 0.352. The second kappa shape index (κ2) is 8.07. The van der Waals surface area contributed by atoms with E-state index in [2.05, 4.69) is 4.72 Å². The van der Waals surface area contributed by atoms with Crippen molar-refractivity contribution in [3.05, 3.63) is 59.1 Å². The van der Waals surface area contributed by atoms with E-state index >= 15 is 0 Å². The molecule has 3 rings (SSSR count). The predicted octanol–water partition coefficient (Wildman–Crippen LogP) is 2.54. The van der Waals surface area contributed by atoms with Gasteiger partial charge in [-0.15, -0.1) is 0 Å². The quantitative estimate of drug-likeness (QED) is 0.845. The molecule has 0 spiro atoms. The van der Waals surface area contributed by atoms with Gasteiger partial charge >= 0.3 is 0 Å². The number of hydrogen-bond acceptors (Lipinski definition) is 4. The zero-order valence-electron chi connectivity index (χ0n) is 14.0. The van der Waals surface area contributed by atoms with Crippen LogP contribution in [0.1, 0.15) is 5.56 Å². The highest BCUT2D eigenvalue weighted by molar-refractivity contribution is 7.92. The number of nitrogens with zero attached hydrogens (tertiary/aromatic N) is 1. The smallest absolute Gasteiger partial charge is 0.261 e. The van der Waals surface area contributed by atoms with Crippen molar-refractivity contribution < 1.29 is 17.9 Å². The molecule has 2 aromatic rings. The molecule has 0 saturated carbocycles. The fourth-order valence-electron chi connectivity index (χ4n) is 2.64. The lowest BCUT2D eigenvalue weighted by molar-refractivity contribution is -0.134. The van der Waals surface area contributed by atoms with Crippen LogP contribution in [0, 0.1) is 0 Å². The standard InChI is InChI=1S/C18H19ClN2O4S/c19-15-2-1-3-17(13-15)26(23,24)20-16-6-4-14(5-7-16)12-18(22)21-8-10-25-11-9-21/h1-7,13,20H,8-12H2. The Kier molecular flexibility index (Phi) is 5.80. The fourth-order valence-corrected chi connectivity index (χ4v) is 4.00. The van der Waals surface area contributed by atoms with Crippen LogP contribution in [-0.2, 0) is 26.0 Å². The highest BCUT2D eigenvalue weighted by Gasteiger charge is 2.17. The van der Waals surface area contributed by atoms with Crippen molar-refractivity contribution in [2.24, 2.45) is 0 Å². The number of halogens is 1. The van der Waals surface area contributed by atoms with E-state index < -0.39 is 10.0 Å². The maximum Gasteiger partial charge on any atom is 0.261 e. The van der Waals surface area contributed by atoms with Crippen molar-refractivity contribution in [2.75, 3.05) is 31.0 Å². The molecule has 1 aliphatic rings.